The minimum absolute atomic E-state index is 0.0131. The molecule has 3 rings (SSSR count). The maximum atomic E-state index is 12.3. The maximum Gasteiger partial charge on any atom is 0.278 e. The van der Waals surface area contributed by atoms with E-state index in [1.165, 1.54) is 29.2 Å². The molecule has 0 atom stereocenters. The third kappa shape index (κ3) is 3.66. The van der Waals surface area contributed by atoms with Crippen LogP contribution >= 0.6 is 11.8 Å². The lowest BCUT2D eigenvalue weighted by Crippen LogP contribution is -2.38. The number of carbonyl (C=O) groups is 1. The number of aromatic nitrogens is 3. The lowest BCUT2D eigenvalue weighted by molar-refractivity contribution is -0.119. The highest BCUT2D eigenvalue weighted by atomic mass is 32.2. The highest BCUT2D eigenvalue weighted by Gasteiger charge is 2.20. The molecule has 0 unspecified atom stereocenters. The lowest BCUT2D eigenvalue weighted by atomic mass is 9.87. The largest absolute Gasteiger partial charge is 0.353 e. The lowest BCUT2D eigenvalue weighted by Gasteiger charge is -2.26. The SMILES string of the molecule is Cc1cc2nc(SCC(=O)NC3CCC(C)CC3)n(C)c(=O)c2[nH]1. The van der Waals surface area contributed by atoms with Crippen molar-refractivity contribution in [2.75, 3.05) is 5.75 Å². The summed E-state index contributed by atoms with van der Waals surface area (Å²) < 4.78 is 1.50. The number of fused-ring (bicyclic) bond motifs is 1. The van der Waals surface area contributed by atoms with Crippen LogP contribution in [-0.2, 0) is 11.8 Å². The van der Waals surface area contributed by atoms with Crippen LogP contribution < -0.4 is 10.9 Å². The molecule has 2 aromatic heterocycles. The molecule has 1 saturated carbocycles. The molecule has 0 aromatic carbocycles. The normalized spacial score (nSPS) is 21.1. The Bertz CT molecular complexity index is 803. The third-order valence-electron chi connectivity index (χ3n) is 4.67. The van der Waals surface area contributed by atoms with Crippen LogP contribution in [0, 0.1) is 12.8 Å². The molecular formula is C17H24N4O2S. The summed E-state index contributed by atoms with van der Waals surface area (Å²) in [6.45, 7) is 4.16. The first-order chi connectivity index (χ1) is 11.4. The number of aromatic amines is 1. The summed E-state index contributed by atoms with van der Waals surface area (Å²) in [5, 5.41) is 3.67. The van der Waals surface area contributed by atoms with Crippen molar-refractivity contribution in [1.82, 2.24) is 19.9 Å². The van der Waals surface area contributed by atoms with Gasteiger partial charge in [0.25, 0.3) is 5.56 Å². The van der Waals surface area contributed by atoms with Gasteiger partial charge in [-0.05, 0) is 44.6 Å². The molecular weight excluding hydrogens is 324 g/mol. The van der Waals surface area contributed by atoms with Gasteiger partial charge in [0, 0.05) is 18.8 Å². The Morgan fingerprint density at radius 2 is 2.12 bits per heavy atom. The number of amides is 1. The van der Waals surface area contributed by atoms with Crippen LogP contribution in [0.15, 0.2) is 16.0 Å². The van der Waals surface area contributed by atoms with Gasteiger partial charge in [0.05, 0.1) is 11.3 Å². The average molecular weight is 348 g/mol. The number of nitrogens with one attached hydrogen (secondary N) is 2. The first-order valence-electron chi connectivity index (χ1n) is 8.42. The number of hydrogen-bond donors (Lipinski definition) is 2. The zero-order valence-electron chi connectivity index (χ0n) is 14.4. The molecule has 1 amide bonds. The van der Waals surface area contributed by atoms with Crippen LogP contribution in [0.25, 0.3) is 11.0 Å². The predicted octanol–water partition coefficient (Wildman–Crippen LogP) is 2.36. The van der Waals surface area contributed by atoms with Gasteiger partial charge in [-0.25, -0.2) is 4.98 Å². The van der Waals surface area contributed by atoms with Crippen LogP contribution in [-0.4, -0.2) is 32.2 Å². The van der Waals surface area contributed by atoms with E-state index in [1.807, 2.05) is 13.0 Å². The summed E-state index contributed by atoms with van der Waals surface area (Å²) in [7, 11) is 1.69. The number of nitrogens with zero attached hydrogens (tertiary/aromatic N) is 2. The van der Waals surface area contributed by atoms with Crippen molar-refractivity contribution in [3.63, 3.8) is 0 Å². The minimum Gasteiger partial charge on any atom is -0.353 e. The van der Waals surface area contributed by atoms with Crippen molar-refractivity contribution in [3.05, 3.63) is 22.1 Å². The second-order valence-electron chi connectivity index (χ2n) is 6.78. The number of H-pyrrole nitrogens is 1. The Hall–Kier alpha value is -1.76. The van der Waals surface area contributed by atoms with E-state index in [0.717, 1.165) is 24.5 Å². The molecule has 2 aromatic rings. The van der Waals surface area contributed by atoms with Gasteiger partial charge in [-0.1, -0.05) is 18.7 Å². The molecule has 0 radical (unpaired) electrons. The molecule has 7 heteroatoms. The van der Waals surface area contributed by atoms with Crippen LogP contribution in [0.4, 0.5) is 0 Å². The third-order valence-corrected chi connectivity index (χ3v) is 5.70. The molecule has 2 heterocycles. The number of hydrogen-bond acceptors (Lipinski definition) is 4. The molecule has 0 aliphatic heterocycles. The number of rotatable bonds is 4. The first-order valence-corrected chi connectivity index (χ1v) is 9.41. The summed E-state index contributed by atoms with van der Waals surface area (Å²) in [6, 6.07) is 2.14. The zero-order valence-corrected chi connectivity index (χ0v) is 15.2. The fourth-order valence-electron chi connectivity index (χ4n) is 3.19. The summed E-state index contributed by atoms with van der Waals surface area (Å²) in [5.41, 5.74) is 1.96. The van der Waals surface area contributed by atoms with Crippen molar-refractivity contribution in [3.8, 4) is 0 Å². The van der Waals surface area contributed by atoms with E-state index >= 15 is 0 Å². The van der Waals surface area contributed by atoms with E-state index in [9.17, 15) is 9.59 Å². The highest BCUT2D eigenvalue weighted by molar-refractivity contribution is 7.99. The molecule has 24 heavy (non-hydrogen) atoms. The van der Waals surface area contributed by atoms with Gasteiger partial charge in [-0.15, -0.1) is 0 Å². The summed E-state index contributed by atoms with van der Waals surface area (Å²) in [6.07, 6.45) is 4.47. The van der Waals surface area contributed by atoms with E-state index in [0.29, 0.717) is 22.2 Å². The number of aryl methyl sites for hydroxylation is 1. The van der Waals surface area contributed by atoms with Crippen molar-refractivity contribution in [1.29, 1.82) is 0 Å². The molecule has 0 bridgehead atoms. The quantitative estimate of drug-likeness (QED) is 0.657. The fourth-order valence-corrected chi connectivity index (χ4v) is 3.97. The molecule has 2 N–H and O–H groups in total. The second kappa shape index (κ2) is 7.01. The van der Waals surface area contributed by atoms with Gasteiger partial charge in [0.15, 0.2) is 5.16 Å². The second-order valence-corrected chi connectivity index (χ2v) is 7.73. The molecule has 6 nitrogen and oxygen atoms in total. The summed E-state index contributed by atoms with van der Waals surface area (Å²) in [5.74, 6) is 1.06. The Morgan fingerprint density at radius 3 is 2.83 bits per heavy atom. The van der Waals surface area contributed by atoms with Gasteiger partial charge in [-0.3, -0.25) is 14.2 Å². The van der Waals surface area contributed by atoms with Crippen molar-refractivity contribution >= 4 is 28.7 Å². The molecule has 0 spiro atoms. The minimum atomic E-state index is -0.114. The molecule has 130 valence electrons. The highest BCUT2D eigenvalue weighted by Crippen LogP contribution is 2.23. The molecule has 1 fully saturated rings. The number of carbonyl (C=O) groups excluding carboxylic acids is 1. The van der Waals surface area contributed by atoms with Gasteiger partial charge >= 0.3 is 0 Å². The Labute approximate surface area is 145 Å². The monoisotopic (exact) mass is 348 g/mol. The topological polar surface area (TPSA) is 79.8 Å². The average Bonchev–Trinajstić information content (AvgIpc) is 2.92. The van der Waals surface area contributed by atoms with Gasteiger partial charge in [0.1, 0.15) is 5.52 Å². The van der Waals surface area contributed by atoms with Crippen LogP contribution in [0.2, 0.25) is 0 Å². The fraction of sp³-hybridized carbons (Fsp3) is 0.588. The van der Waals surface area contributed by atoms with E-state index in [-0.39, 0.29) is 17.2 Å². The smallest absolute Gasteiger partial charge is 0.278 e. The summed E-state index contributed by atoms with van der Waals surface area (Å²) >= 11 is 1.31. The molecule has 1 aliphatic carbocycles. The van der Waals surface area contributed by atoms with Gasteiger partial charge in [0.2, 0.25) is 5.91 Å². The zero-order chi connectivity index (χ0) is 17.3. The van der Waals surface area contributed by atoms with Crippen LogP contribution in [0.3, 0.4) is 0 Å². The van der Waals surface area contributed by atoms with E-state index in [2.05, 4.69) is 22.2 Å². The van der Waals surface area contributed by atoms with Gasteiger partial charge < -0.3 is 10.3 Å². The van der Waals surface area contributed by atoms with E-state index in [4.69, 9.17) is 0 Å². The molecule has 0 saturated heterocycles. The predicted molar refractivity (Wildman–Crippen MR) is 96.4 cm³/mol. The van der Waals surface area contributed by atoms with E-state index in [1.54, 1.807) is 7.05 Å². The van der Waals surface area contributed by atoms with Crippen molar-refractivity contribution in [2.24, 2.45) is 13.0 Å². The summed E-state index contributed by atoms with van der Waals surface area (Å²) in [4.78, 5) is 32.0. The van der Waals surface area contributed by atoms with Crippen LogP contribution in [0.1, 0.15) is 38.3 Å². The van der Waals surface area contributed by atoms with Crippen molar-refractivity contribution in [2.45, 2.75) is 50.7 Å². The standard InChI is InChI=1S/C17H24N4O2S/c1-10-4-6-12(7-5-10)19-14(22)9-24-17-20-13-8-11(2)18-15(13)16(23)21(17)3/h8,10,12,18H,4-7,9H2,1-3H3,(H,19,22). The van der Waals surface area contributed by atoms with Gasteiger partial charge in [-0.2, -0.15) is 0 Å². The Morgan fingerprint density at radius 1 is 1.42 bits per heavy atom. The Balaban J connectivity index is 1.64. The Kier molecular flexibility index (Phi) is 4.99. The maximum absolute atomic E-state index is 12.3. The number of thioether (sulfide) groups is 1. The van der Waals surface area contributed by atoms with Crippen molar-refractivity contribution < 1.29 is 4.79 Å². The molecule has 1 aliphatic rings. The van der Waals surface area contributed by atoms with Crippen LogP contribution in [0.5, 0.6) is 0 Å². The van der Waals surface area contributed by atoms with E-state index < -0.39 is 0 Å². The first kappa shape index (κ1) is 17.1.